The van der Waals surface area contributed by atoms with Crippen molar-refractivity contribution in [3.63, 3.8) is 0 Å². The molecule has 1 heterocycles. The van der Waals surface area contributed by atoms with Crippen molar-refractivity contribution in [2.24, 2.45) is 0 Å². The molecule has 0 aliphatic carbocycles. The highest BCUT2D eigenvalue weighted by atomic mass is 35.5. The minimum absolute atomic E-state index is 0.176. The van der Waals surface area contributed by atoms with Gasteiger partial charge in [0.05, 0.1) is 5.75 Å². The van der Waals surface area contributed by atoms with E-state index < -0.39 is 0 Å². The smallest absolute Gasteiger partial charge is 0.234 e. The molecular weight excluding hydrogens is 391 g/mol. The Balaban J connectivity index is 1.70. The molecule has 1 N–H and O–H groups in total. The fourth-order valence-corrected chi connectivity index (χ4v) is 3.70. The molecule has 26 heavy (non-hydrogen) atoms. The standard InChI is InChI=1S/C18H16Cl2N4OS/c1-11-3-5-16(6-4-11)24-12(2)22-23-18(24)26-10-17(25)21-15-8-13(19)7-14(20)9-15/h3-9H,10H2,1-2H3,(H,21,25). The van der Waals surface area contributed by atoms with Gasteiger partial charge in [-0.15, -0.1) is 10.2 Å². The van der Waals surface area contributed by atoms with E-state index in [1.54, 1.807) is 18.2 Å². The summed E-state index contributed by atoms with van der Waals surface area (Å²) in [5.41, 5.74) is 2.69. The maximum Gasteiger partial charge on any atom is 0.234 e. The minimum Gasteiger partial charge on any atom is -0.325 e. The first-order valence-electron chi connectivity index (χ1n) is 7.80. The molecule has 0 spiro atoms. The van der Waals surface area contributed by atoms with Gasteiger partial charge in [-0.2, -0.15) is 0 Å². The second-order valence-electron chi connectivity index (χ2n) is 5.70. The van der Waals surface area contributed by atoms with E-state index in [1.165, 1.54) is 17.3 Å². The van der Waals surface area contributed by atoms with Crippen LogP contribution in [0.5, 0.6) is 0 Å². The Hall–Kier alpha value is -2.02. The molecule has 5 nitrogen and oxygen atoms in total. The molecule has 1 aromatic heterocycles. The average molecular weight is 407 g/mol. The van der Waals surface area contributed by atoms with Gasteiger partial charge in [-0.25, -0.2) is 0 Å². The van der Waals surface area contributed by atoms with Crippen molar-refractivity contribution >= 4 is 46.6 Å². The lowest BCUT2D eigenvalue weighted by Gasteiger charge is -2.09. The number of hydrogen-bond acceptors (Lipinski definition) is 4. The predicted octanol–water partition coefficient (Wildman–Crippen LogP) is 4.92. The van der Waals surface area contributed by atoms with Gasteiger partial charge in [0.1, 0.15) is 5.82 Å². The van der Waals surface area contributed by atoms with Crippen LogP contribution in [0.25, 0.3) is 5.69 Å². The van der Waals surface area contributed by atoms with E-state index in [4.69, 9.17) is 23.2 Å². The van der Waals surface area contributed by atoms with Gasteiger partial charge < -0.3 is 5.32 Å². The van der Waals surface area contributed by atoms with Crippen LogP contribution in [0, 0.1) is 13.8 Å². The number of nitrogens with zero attached hydrogens (tertiary/aromatic N) is 3. The summed E-state index contributed by atoms with van der Waals surface area (Å²) in [7, 11) is 0. The van der Waals surface area contributed by atoms with Crippen LogP contribution in [0.1, 0.15) is 11.4 Å². The van der Waals surface area contributed by atoms with Gasteiger partial charge >= 0.3 is 0 Å². The van der Waals surface area contributed by atoms with Gasteiger partial charge in [0.25, 0.3) is 0 Å². The first-order valence-corrected chi connectivity index (χ1v) is 9.54. The minimum atomic E-state index is -0.176. The fourth-order valence-electron chi connectivity index (χ4n) is 2.38. The predicted molar refractivity (Wildman–Crippen MR) is 107 cm³/mol. The molecule has 3 rings (SSSR count). The van der Waals surface area contributed by atoms with E-state index >= 15 is 0 Å². The highest BCUT2D eigenvalue weighted by Gasteiger charge is 2.13. The van der Waals surface area contributed by atoms with Crippen molar-refractivity contribution < 1.29 is 4.79 Å². The van der Waals surface area contributed by atoms with Gasteiger partial charge in [-0.05, 0) is 44.2 Å². The molecule has 0 radical (unpaired) electrons. The van der Waals surface area contributed by atoms with Crippen LogP contribution in [-0.4, -0.2) is 26.4 Å². The number of halogens is 2. The maximum absolute atomic E-state index is 12.2. The Bertz CT molecular complexity index is 921. The molecule has 0 atom stereocenters. The number of carbonyl (C=O) groups is 1. The van der Waals surface area contributed by atoms with E-state index in [-0.39, 0.29) is 11.7 Å². The van der Waals surface area contributed by atoms with Crippen molar-refractivity contribution in [3.8, 4) is 5.69 Å². The number of rotatable bonds is 5. The van der Waals surface area contributed by atoms with E-state index in [9.17, 15) is 4.79 Å². The molecule has 0 aliphatic heterocycles. The number of benzene rings is 2. The number of thioether (sulfide) groups is 1. The van der Waals surface area contributed by atoms with E-state index in [1.807, 2.05) is 42.7 Å². The van der Waals surface area contributed by atoms with E-state index in [2.05, 4.69) is 15.5 Å². The number of amides is 1. The third-order valence-corrected chi connectivity index (χ3v) is 4.93. The van der Waals surface area contributed by atoms with Crippen LogP contribution in [0.4, 0.5) is 5.69 Å². The largest absolute Gasteiger partial charge is 0.325 e. The van der Waals surface area contributed by atoms with Gasteiger partial charge in [-0.1, -0.05) is 52.7 Å². The average Bonchev–Trinajstić information content (AvgIpc) is 2.93. The highest BCUT2D eigenvalue weighted by molar-refractivity contribution is 7.99. The first kappa shape index (κ1) is 18.8. The van der Waals surface area contributed by atoms with E-state index in [0.717, 1.165) is 11.5 Å². The van der Waals surface area contributed by atoms with Crippen molar-refractivity contribution in [3.05, 3.63) is 63.9 Å². The Kier molecular flexibility index (Phi) is 5.86. The van der Waals surface area contributed by atoms with E-state index in [0.29, 0.717) is 20.9 Å². The highest BCUT2D eigenvalue weighted by Crippen LogP contribution is 2.24. The van der Waals surface area contributed by atoms with Crippen molar-refractivity contribution in [2.45, 2.75) is 19.0 Å². The molecule has 0 fully saturated rings. The second-order valence-corrected chi connectivity index (χ2v) is 7.51. The molecule has 0 aliphatic rings. The number of aryl methyl sites for hydroxylation is 2. The summed E-state index contributed by atoms with van der Waals surface area (Å²) < 4.78 is 1.92. The number of anilines is 1. The van der Waals surface area contributed by atoms with Crippen LogP contribution in [0.3, 0.4) is 0 Å². The van der Waals surface area contributed by atoms with Crippen LogP contribution in [0.15, 0.2) is 47.6 Å². The summed E-state index contributed by atoms with van der Waals surface area (Å²) in [6, 6.07) is 13.0. The lowest BCUT2D eigenvalue weighted by atomic mass is 10.2. The molecule has 3 aromatic rings. The summed E-state index contributed by atoms with van der Waals surface area (Å²) in [4.78, 5) is 12.2. The third-order valence-electron chi connectivity index (χ3n) is 3.57. The Morgan fingerprint density at radius 1 is 1.08 bits per heavy atom. The summed E-state index contributed by atoms with van der Waals surface area (Å²) in [5.74, 6) is 0.775. The molecule has 0 saturated carbocycles. The third kappa shape index (κ3) is 4.58. The lowest BCUT2D eigenvalue weighted by Crippen LogP contribution is -2.14. The zero-order valence-corrected chi connectivity index (χ0v) is 16.5. The second kappa shape index (κ2) is 8.12. The molecule has 0 unspecified atom stereocenters. The topological polar surface area (TPSA) is 59.8 Å². The SMILES string of the molecule is Cc1ccc(-n2c(C)nnc2SCC(=O)Nc2cc(Cl)cc(Cl)c2)cc1. The number of carbonyl (C=O) groups excluding carboxylic acids is 1. The molecule has 134 valence electrons. The molecule has 1 amide bonds. The van der Waals surface area contributed by atoms with Crippen molar-refractivity contribution in [2.75, 3.05) is 11.1 Å². The van der Waals surface area contributed by atoms with Crippen LogP contribution >= 0.6 is 35.0 Å². The van der Waals surface area contributed by atoms with Gasteiger partial charge in [0.15, 0.2) is 5.16 Å². The number of hydrogen-bond donors (Lipinski definition) is 1. The zero-order valence-electron chi connectivity index (χ0n) is 14.2. The van der Waals surface area contributed by atoms with Crippen LogP contribution in [-0.2, 0) is 4.79 Å². The van der Waals surface area contributed by atoms with Crippen molar-refractivity contribution in [1.82, 2.24) is 14.8 Å². The van der Waals surface area contributed by atoms with Crippen LogP contribution in [0.2, 0.25) is 10.0 Å². The monoisotopic (exact) mass is 406 g/mol. The number of nitrogens with one attached hydrogen (secondary N) is 1. The maximum atomic E-state index is 12.2. The van der Waals surface area contributed by atoms with Crippen LogP contribution < -0.4 is 5.32 Å². The molecule has 8 heteroatoms. The Morgan fingerprint density at radius 2 is 1.73 bits per heavy atom. The van der Waals surface area contributed by atoms with Gasteiger partial charge in [0.2, 0.25) is 5.91 Å². The normalized spacial score (nSPS) is 10.8. The summed E-state index contributed by atoms with van der Waals surface area (Å²) >= 11 is 13.2. The zero-order chi connectivity index (χ0) is 18.7. The molecule has 2 aromatic carbocycles. The molecule has 0 saturated heterocycles. The summed E-state index contributed by atoms with van der Waals surface area (Å²) in [6.45, 7) is 3.91. The summed E-state index contributed by atoms with van der Waals surface area (Å²) in [6.07, 6.45) is 0. The fraction of sp³-hybridized carbons (Fsp3) is 0.167. The quantitative estimate of drug-likeness (QED) is 0.610. The molecule has 0 bridgehead atoms. The van der Waals surface area contributed by atoms with Gasteiger partial charge in [-0.3, -0.25) is 9.36 Å². The van der Waals surface area contributed by atoms with Gasteiger partial charge in [0, 0.05) is 21.4 Å². The number of aromatic nitrogens is 3. The van der Waals surface area contributed by atoms with Crippen molar-refractivity contribution in [1.29, 1.82) is 0 Å². The Morgan fingerprint density at radius 3 is 2.38 bits per heavy atom. The lowest BCUT2D eigenvalue weighted by molar-refractivity contribution is -0.113. The summed E-state index contributed by atoms with van der Waals surface area (Å²) in [5, 5.41) is 12.7. The Labute approximate surface area is 165 Å². The molecular formula is C18H16Cl2N4OS. The first-order chi connectivity index (χ1) is 12.4.